The molecule has 0 aromatic heterocycles. The van der Waals surface area contributed by atoms with Gasteiger partial charge in [-0.1, -0.05) is 44.2 Å². The Morgan fingerprint density at radius 3 is 2.39 bits per heavy atom. The smallest absolute Gasteiger partial charge is 0.222 e. The van der Waals surface area contributed by atoms with Crippen LogP contribution in [0.3, 0.4) is 0 Å². The van der Waals surface area contributed by atoms with Crippen molar-refractivity contribution < 1.29 is 13.2 Å². The molecule has 1 fully saturated rings. The minimum Gasteiger partial charge on any atom is -0.343 e. The van der Waals surface area contributed by atoms with Crippen molar-refractivity contribution in [3.8, 4) is 0 Å². The number of nitrogens with one attached hydrogen (secondary N) is 1. The SMILES string of the molecule is CC(C)CC(=O)N1CCC(NS(=O)(=O)Cc2ccccc2)CC1. The van der Waals surface area contributed by atoms with Gasteiger partial charge in [0.05, 0.1) is 5.75 Å². The Balaban J connectivity index is 1.82. The molecule has 0 saturated carbocycles. The number of sulfonamides is 1. The van der Waals surface area contributed by atoms with E-state index in [0.717, 1.165) is 5.56 Å². The Bertz CT molecular complexity index is 606. The van der Waals surface area contributed by atoms with Crippen molar-refractivity contribution >= 4 is 15.9 Å². The summed E-state index contributed by atoms with van der Waals surface area (Å²) in [5.74, 6) is 0.524. The molecule has 0 radical (unpaired) electrons. The zero-order valence-electron chi connectivity index (χ0n) is 13.9. The van der Waals surface area contributed by atoms with Gasteiger partial charge in [0.2, 0.25) is 15.9 Å². The van der Waals surface area contributed by atoms with E-state index in [0.29, 0.717) is 38.3 Å². The number of carbonyl (C=O) groups is 1. The highest BCUT2D eigenvalue weighted by Crippen LogP contribution is 2.15. The predicted octanol–water partition coefficient (Wildman–Crippen LogP) is 2.14. The zero-order valence-corrected chi connectivity index (χ0v) is 14.7. The lowest BCUT2D eigenvalue weighted by Crippen LogP contribution is -2.46. The van der Waals surface area contributed by atoms with Crippen LogP contribution in [0.2, 0.25) is 0 Å². The number of hydrogen-bond acceptors (Lipinski definition) is 3. The summed E-state index contributed by atoms with van der Waals surface area (Å²) in [7, 11) is -3.34. The minimum atomic E-state index is -3.34. The maximum atomic E-state index is 12.2. The standard InChI is InChI=1S/C17H26N2O3S/c1-14(2)12-17(20)19-10-8-16(9-11-19)18-23(21,22)13-15-6-4-3-5-7-15/h3-7,14,16,18H,8-13H2,1-2H3. The highest BCUT2D eigenvalue weighted by molar-refractivity contribution is 7.88. The number of benzene rings is 1. The second-order valence-electron chi connectivity index (χ2n) is 6.62. The molecule has 0 aliphatic carbocycles. The third-order valence-corrected chi connectivity index (χ3v) is 5.38. The number of piperidine rings is 1. The van der Waals surface area contributed by atoms with Crippen molar-refractivity contribution in [2.75, 3.05) is 13.1 Å². The summed E-state index contributed by atoms with van der Waals surface area (Å²) >= 11 is 0. The fourth-order valence-corrected chi connectivity index (χ4v) is 4.27. The van der Waals surface area contributed by atoms with Crippen LogP contribution in [0.4, 0.5) is 0 Å². The van der Waals surface area contributed by atoms with Crippen molar-refractivity contribution in [3.63, 3.8) is 0 Å². The maximum absolute atomic E-state index is 12.2. The van der Waals surface area contributed by atoms with E-state index in [9.17, 15) is 13.2 Å². The van der Waals surface area contributed by atoms with E-state index in [1.807, 2.05) is 49.1 Å². The molecule has 128 valence electrons. The van der Waals surface area contributed by atoms with Crippen LogP contribution in [0.5, 0.6) is 0 Å². The fourth-order valence-electron chi connectivity index (χ4n) is 2.81. The summed E-state index contributed by atoms with van der Waals surface area (Å²) < 4.78 is 27.3. The summed E-state index contributed by atoms with van der Waals surface area (Å²) in [6.07, 6.45) is 1.92. The van der Waals surface area contributed by atoms with E-state index < -0.39 is 10.0 Å². The molecule has 5 nitrogen and oxygen atoms in total. The number of nitrogens with zero attached hydrogens (tertiary/aromatic N) is 1. The molecule has 0 bridgehead atoms. The Morgan fingerprint density at radius 2 is 1.83 bits per heavy atom. The first-order valence-electron chi connectivity index (χ1n) is 8.17. The molecule has 6 heteroatoms. The molecular formula is C17H26N2O3S. The second kappa shape index (κ2) is 7.93. The van der Waals surface area contributed by atoms with Gasteiger partial charge in [-0.25, -0.2) is 13.1 Å². The van der Waals surface area contributed by atoms with Crippen LogP contribution in [0.25, 0.3) is 0 Å². The van der Waals surface area contributed by atoms with E-state index >= 15 is 0 Å². The Hall–Kier alpha value is -1.40. The van der Waals surface area contributed by atoms with Crippen molar-refractivity contribution in [2.45, 2.75) is 44.9 Å². The van der Waals surface area contributed by atoms with Gasteiger partial charge >= 0.3 is 0 Å². The zero-order chi connectivity index (χ0) is 16.9. The van der Waals surface area contributed by atoms with Crippen LogP contribution in [-0.4, -0.2) is 38.4 Å². The Kier molecular flexibility index (Phi) is 6.18. The molecule has 1 N–H and O–H groups in total. The lowest BCUT2D eigenvalue weighted by atomic mass is 10.0. The quantitative estimate of drug-likeness (QED) is 0.864. The van der Waals surface area contributed by atoms with Crippen LogP contribution >= 0.6 is 0 Å². The van der Waals surface area contributed by atoms with E-state index in [-0.39, 0.29) is 17.7 Å². The van der Waals surface area contributed by atoms with Gasteiger partial charge in [0.1, 0.15) is 0 Å². The molecule has 1 aliphatic heterocycles. The Labute approximate surface area is 139 Å². The van der Waals surface area contributed by atoms with Gasteiger partial charge in [0.15, 0.2) is 0 Å². The average Bonchev–Trinajstić information content (AvgIpc) is 2.47. The minimum absolute atomic E-state index is 0.000332. The third kappa shape index (κ3) is 5.95. The fraction of sp³-hybridized carbons (Fsp3) is 0.588. The molecular weight excluding hydrogens is 312 g/mol. The van der Waals surface area contributed by atoms with Crippen molar-refractivity contribution in [1.29, 1.82) is 0 Å². The van der Waals surface area contributed by atoms with Crippen molar-refractivity contribution in [2.24, 2.45) is 5.92 Å². The van der Waals surface area contributed by atoms with Crippen LogP contribution in [0.15, 0.2) is 30.3 Å². The number of amides is 1. The van der Waals surface area contributed by atoms with Gasteiger partial charge < -0.3 is 4.90 Å². The molecule has 2 rings (SSSR count). The molecule has 0 atom stereocenters. The first-order valence-corrected chi connectivity index (χ1v) is 9.82. The first kappa shape index (κ1) is 17.9. The number of hydrogen-bond donors (Lipinski definition) is 1. The highest BCUT2D eigenvalue weighted by Gasteiger charge is 2.26. The van der Waals surface area contributed by atoms with Crippen LogP contribution in [0.1, 0.15) is 38.7 Å². The van der Waals surface area contributed by atoms with Crippen LogP contribution in [-0.2, 0) is 20.6 Å². The molecule has 1 amide bonds. The molecule has 0 spiro atoms. The van der Waals surface area contributed by atoms with Gasteiger partial charge in [-0.2, -0.15) is 0 Å². The molecule has 1 aromatic carbocycles. The lowest BCUT2D eigenvalue weighted by molar-refractivity contribution is -0.133. The molecule has 23 heavy (non-hydrogen) atoms. The summed E-state index contributed by atoms with van der Waals surface area (Å²) in [6, 6.07) is 9.09. The van der Waals surface area contributed by atoms with E-state index in [4.69, 9.17) is 0 Å². The molecule has 1 aliphatic rings. The summed E-state index contributed by atoms with van der Waals surface area (Å²) in [5, 5.41) is 0. The van der Waals surface area contributed by atoms with Gasteiger partial charge in [0.25, 0.3) is 0 Å². The van der Waals surface area contributed by atoms with E-state index in [2.05, 4.69) is 4.72 Å². The van der Waals surface area contributed by atoms with Crippen molar-refractivity contribution in [3.05, 3.63) is 35.9 Å². The van der Waals surface area contributed by atoms with Crippen LogP contribution in [0, 0.1) is 5.92 Å². The van der Waals surface area contributed by atoms with Crippen LogP contribution < -0.4 is 4.72 Å². The third-order valence-electron chi connectivity index (χ3n) is 3.98. The molecule has 1 saturated heterocycles. The normalized spacial score (nSPS) is 16.7. The lowest BCUT2D eigenvalue weighted by Gasteiger charge is -2.32. The van der Waals surface area contributed by atoms with E-state index in [1.165, 1.54) is 0 Å². The Morgan fingerprint density at radius 1 is 1.22 bits per heavy atom. The number of rotatable bonds is 6. The van der Waals surface area contributed by atoms with Gasteiger partial charge in [0, 0.05) is 25.6 Å². The van der Waals surface area contributed by atoms with E-state index in [1.54, 1.807) is 0 Å². The summed E-state index contributed by atoms with van der Waals surface area (Å²) in [5.41, 5.74) is 0.782. The van der Waals surface area contributed by atoms with Gasteiger partial charge in [-0.3, -0.25) is 4.79 Å². The highest BCUT2D eigenvalue weighted by atomic mass is 32.2. The number of carbonyl (C=O) groups excluding carboxylic acids is 1. The predicted molar refractivity (Wildman–Crippen MR) is 91.3 cm³/mol. The summed E-state index contributed by atoms with van der Waals surface area (Å²) in [4.78, 5) is 13.9. The first-order chi connectivity index (χ1) is 10.9. The van der Waals surface area contributed by atoms with Gasteiger partial charge in [-0.15, -0.1) is 0 Å². The topological polar surface area (TPSA) is 66.5 Å². The largest absolute Gasteiger partial charge is 0.343 e. The monoisotopic (exact) mass is 338 g/mol. The average molecular weight is 338 g/mol. The number of likely N-dealkylation sites (tertiary alicyclic amines) is 1. The van der Waals surface area contributed by atoms with Gasteiger partial charge in [-0.05, 0) is 24.3 Å². The molecule has 1 aromatic rings. The molecule has 0 unspecified atom stereocenters. The van der Waals surface area contributed by atoms with Crippen molar-refractivity contribution in [1.82, 2.24) is 9.62 Å². The maximum Gasteiger partial charge on any atom is 0.222 e. The summed E-state index contributed by atoms with van der Waals surface area (Å²) in [6.45, 7) is 5.32. The second-order valence-corrected chi connectivity index (χ2v) is 8.37. The molecule has 1 heterocycles.